The van der Waals surface area contributed by atoms with E-state index in [1.54, 1.807) is 0 Å². The fourth-order valence-electron chi connectivity index (χ4n) is 2.64. The van der Waals surface area contributed by atoms with Crippen LogP contribution in [0.4, 0.5) is 0 Å². The lowest BCUT2D eigenvalue weighted by Crippen LogP contribution is -2.32. The second-order valence-corrected chi connectivity index (χ2v) is 5.09. The first-order valence-corrected chi connectivity index (χ1v) is 7.01. The molecule has 0 saturated heterocycles. The van der Waals surface area contributed by atoms with Crippen molar-refractivity contribution in [3.05, 3.63) is 85.1 Å². The maximum atomic E-state index is 3.35. The number of rotatable bonds is 3. The van der Waals surface area contributed by atoms with Crippen molar-refractivity contribution >= 4 is 10.9 Å². The first kappa shape index (κ1) is 12.0. The highest BCUT2D eigenvalue weighted by atomic mass is 15.1. The van der Waals surface area contributed by atoms with E-state index >= 15 is 0 Å². The topological polar surface area (TPSA) is 24.6 Å². The Labute approximate surface area is 123 Å². The molecule has 0 saturated carbocycles. The summed E-state index contributed by atoms with van der Waals surface area (Å²) in [5.41, 5.74) is 3.59. The summed E-state index contributed by atoms with van der Waals surface area (Å²) in [7, 11) is 0. The molecule has 0 spiro atoms. The molecule has 0 bridgehead atoms. The first-order chi connectivity index (χ1) is 10.4. The molecule has 0 aliphatic rings. The van der Waals surface area contributed by atoms with Crippen LogP contribution < -0.4 is 4.57 Å². The van der Waals surface area contributed by atoms with Crippen molar-refractivity contribution in [1.82, 2.24) is 9.55 Å². The summed E-state index contributed by atoms with van der Waals surface area (Å²) in [6.45, 7) is 0.803. The van der Waals surface area contributed by atoms with Gasteiger partial charge in [-0.05, 0) is 11.5 Å². The third-order valence-corrected chi connectivity index (χ3v) is 3.68. The molecule has 2 aromatic heterocycles. The van der Waals surface area contributed by atoms with Crippen LogP contribution in [0.25, 0.3) is 16.6 Å². The molecule has 1 N–H and O–H groups in total. The van der Waals surface area contributed by atoms with E-state index in [0.29, 0.717) is 0 Å². The zero-order valence-electron chi connectivity index (χ0n) is 11.5. The van der Waals surface area contributed by atoms with Gasteiger partial charge in [0.2, 0.25) is 6.33 Å². The molecule has 0 amide bonds. The van der Waals surface area contributed by atoms with Crippen molar-refractivity contribution in [2.24, 2.45) is 0 Å². The highest BCUT2D eigenvalue weighted by Gasteiger charge is 2.05. The van der Waals surface area contributed by atoms with Crippen molar-refractivity contribution in [1.29, 1.82) is 0 Å². The van der Waals surface area contributed by atoms with E-state index in [9.17, 15) is 0 Å². The van der Waals surface area contributed by atoms with Gasteiger partial charge in [-0.25, -0.2) is 0 Å². The quantitative estimate of drug-likeness (QED) is 0.438. The molecule has 102 valence electrons. The molecule has 0 aliphatic heterocycles. The summed E-state index contributed by atoms with van der Waals surface area (Å²) in [4.78, 5) is 3.31. The van der Waals surface area contributed by atoms with Crippen LogP contribution >= 0.6 is 0 Å². The number of nitrogens with one attached hydrogen (secondary N) is 1. The molecule has 0 aliphatic carbocycles. The molecule has 0 fully saturated rings. The van der Waals surface area contributed by atoms with E-state index in [4.69, 9.17) is 0 Å². The van der Waals surface area contributed by atoms with E-state index in [0.717, 1.165) is 12.2 Å². The number of nitrogens with zero attached hydrogens (tertiary/aromatic N) is 2. The van der Waals surface area contributed by atoms with Crippen LogP contribution in [0.3, 0.4) is 0 Å². The van der Waals surface area contributed by atoms with E-state index in [-0.39, 0.29) is 0 Å². The number of fused-ring (bicyclic) bond motifs is 1. The summed E-state index contributed by atoms with van der Waals surface area (Å²) in [5.74, 6) is 0. The standard InChI is InChI=1S/C18H15N3/c1-2-7-17(8-3-1)21-12-11-20(14-21)13-16-6-4-5-15-9-10-19-18(15)16/h1-12,19H,13H2. The van der Waals surface area contributed by atoms with Crippen LogP contribution in [0.5, 0.6) is 0 Å². The molecule has 4 aromatic rings. The lowest BCUT2D eigenvalue weighted by Gasteiger charge is -2.03. The van der Waals surface area contributed by atoms with Crippen LogP contribution in [0, 0.1) is 6.33 Å². The van der Waals surface area contributed by atoms with Gasteiger partial charge >= 0.3 is 0 Å². The van der Waals surface area contributed by atoms with Gasteiger partial charge in [-0.3, -0.25) is 0 Å². The Kier molecular flexibility index (Phi) is 2.82. The molecule has 3 nitrogen and oxygen atoms in total. The molecule has 4 rings (SSSR count). The molecule has 2 aromatic carbocycles. The van der Waals surface area contributed by atoms with Gasteiger partial charge in [-0.1, -0.05) is 48.5 Å². The number of hydrogen-bond acceptors (Lipinski definition) is 0. The Morgan fingerprint density at radius 1 is 1.00 bits per heavy atom. The van der Waals surface area contributed by atoms with E-state index in [1.807, 2.05) is 35.2 Å². The first-order valence-electron chi connectivity index (χ1n) is 7.01. The lowest BCUT2D eigenvalue weighted by atomic mass is 10.1. The third kappa shape index (κ3) is 2.23. The number of aromatic amines is 1. The Hall–Kier alpha value is -2.81. The fourth-order valence-corrected chi connectivity index (χ4v) is 2.64. The average molecular weight is 273 g/mol. The second-order valence-electron chi connectivity index (χ2n) is 5.09. The number of para-hydroxylation sites is 2. The van der Waals surface area contributed by atoms with Crippen LogP contribution in [-0.4, -0.2) is 9.55 Å². The zero-order valence-corrected chi connectivity index (χ0v) is 11.5. The Morgan fingerprint density at radius 3 is 2.81 bits per heavy atom. The molecule has 0 atom stereocenters. The molecular weight excluding hydrogens is 258 g/mol. The van der Waals surface area contributed by atoms with Gasteiger partial charge in [0.25, 0.3) is 0 Å². The molecule has 0 radical (unpaired) electrons. The predicted octanol–water partition coefficient (Wildman–Crippen LogP) is 3.09. The largest absolute Gasteiger partial charge is 0.361 e. The minimum atomic E-state index is 0.803. The van der Waals surface area contributed by atoms with Crippen molar-refractivity contribution in [3.8, 4) is 5.69 Å². The molecular formula is C18H15N3. The molecule has 0 unspecified atom stereocenters. The maximum Gasteiger partial charge on any atom is 0.243 e. The summed E-state index contributed by atoms with van der Waals surface area (Å²) < 4.78 is 4.08. The van der Waals surface area contributed by atoms with Crippen LogP contribution in [0.1, 0.15) is 5.56 Å². The predicted molar refractivity (Wildman–Crippen MR) is 82.2 cm³/mol. The SMILES string of the molecule is [c-]1n(-c2ccccc2)cc[n+]1Cc1cccc2cc[nH]c12. The van der Waals surface area contributed by atoms with Crippen LogP contribution in [-0.2, 0) is 6.54 Å². The van der Waals surface area contributed by atoms with Crippen LogP contribution in [0.15, 0.2) is 73.2 Å². The third-order valence-electron chi connectivity index (χ3n) is 3.68. The van der Waals surface area contributed by atoms with Crippen molar-refractivity contribution in [3.63, 3.8) is 0 Å². The van der Waals surface area contributed by atoms with E-state index in [2.05, 4.69) is 58.5 Å². The molecule has 2 heterocycles. The number of imidazole rings is 1. The molecule has 21 heavy (non-hydrogen) atoms. The van der Waals surface area contributed by atoms with Gasteiger partial charge in [0.05, 0.1) is 17.7 Å². The second kappa shape index (κ2) is 4.94. The number of hydrogen-bond donors (Lipinski definition) is 1. The van der Waals surface area contributed by atoms with Gasteiger partial charge in [0.1, 0.15) is 0 Å². The fraction of sp³-hybridized carbons (Fsp3) is 0.0556. The van der Waals surface area contributed by atoms with Crippen molar-refractivity contribution in [2.45, 2.75) is 6.54 Å². The number of benzene rings is 2. The van der Waals surface area contributed by atoms with Crippen LogP contribution in [0.2, 0.25) is 0 Å². The number of H-pyrrole nitrogens is 1. The highest BCUT2D eigenvalue weighted by molar-refractivity contribution is 5.82. The lowest BCUT2D eigenvalue weighted by molar-refractivity contribution is -0.691. The van der Waals surface area contributed by atoms with Gasteiger partial charge in [-0.2, -0.15) is 0 Å². The molecule has 3 heteroatoms. The Bertz CT molecular complexity index is 872. The van der Waals surface area contributed by atoms with E-state index in [1.165, 1.54) is 16.5 Å². The average Bonchev–Trinajstić information content (AvgIpc) is 3.17. The Morgan fingerprint density at radius 2 is 1.90 bits per heavy atom. The zero-order chi connectivity index (χ0) is 14.1. The van der Waals surface area contributed by atoms with Gasteiger partial charge in [-0.15, -0.1) is 0 Å². The summed E-state index contributed by atoms with van der Waals surface area (Å²) in [6, 6.07) is 18.7. The summed E-state index contributed by atoms with van der Waals surface area (Å²) >= 11 is 0. The van der Waals surface area contributed by atoms with Gasteiger partial charge in [0, 0.05) is 24.2 Å². The van der Waals surface area contributed by atoms with Gasteiger partial charge < -0.3 is 14.1 Å². The van der Waals surface area contributed by atoms with Crippen molar-refractivity contribution < 1.29 is 4.57 Å². The van der Waals surface area contributed by atoms with Crippen molar-refractivity contribution in [2.75, 3.05) is 0 Å². The monoisotopic (exact) mass is 273 g/mol. The van der Waals surface area contributed by atoms with Gasteiger partial charge in [0.15, 0.2) is 0 Å². The highest BCUT2D eigenvalue weighted by Crippen LogP contribution is 2.16. The number of aromatic nitrogens is 3. The Balaban J connectivity index is 1.66. The minimum absolute atomic E-state index is 0.803. The van der Waals surface area contributed by atoms with E-state index < -0.39 is 0 Å². The summed E-state index contributed by atoms with van der Waals surface area (Å²) in [6.07, 6.45) is 9.42. The maximum absolute atomic E-state index is 3.35. The minimum Gasteiger partial charge on any atom is -0.361 e. The smallest absolute Gasteiger partial charge is 0.243 e. The summed E-state index contributed by atoms with van der Waals surface area (Å²) in [5, 5.41) is 1.25. The normalized spacial score (nSPS) is 11.0.